The van der Waals surface area contributed by atoms with Gasteiger partial charge in [-0.15, -0.1) is 0 Å². The molecule has 0 unspecified atom stereocenters. The van der Waals surface area contributed by atoms with Crippen molar-refractivity contribution in [2.75, 3.05) is 6.26 Å². The third-order valence-corrected chi connectivity index (χ3v) is 5.47. The molecule has 0 aliphatic carbocycles. The van der Waals surface area contributed by atoms with E-state index in [9.17, 15) is 17.2 Å². The number of nitrogens with zero attached hydrogens (tertiary/aromatic N) is 2. The molecule has 0 aliphatic heterocycles. The van der Waals surface area contributed by atoms with Crippen molar-refractivity contribution >= 4 is 21.4 Å². The summed E-state index contributed by atoms with van der Waals surface area (Å²) in [6.07, 6.45) is -1.62. The lowest BCUT2D eigenvalue weighted by Crippen LogP contribution is -2.01. The van der Waals surface area contributed by atoms with Gasteiger partial charge in [-0.3, -0.25) is 0 Å². The lowest BCUT2D eigenvalue weighted by molar-refractivity contribution is 0.145. The highest BCUT2D eigenvalue weighted by Gasteiger charge is 2.18. The summed E-state index contributed by atoms with van der Waals surface area (Å²) in [6.45, 7) is 1.84. The fourth-order valence-corrected chi connectivity index (χ4v) is 3.30. The average Bonchev–Trinajstić information content (AvgIpc) is 3.02. The van der Waals surface area contributed by atoms with Crippen LogP contribution in [0.2, 0.25) is 5.02 Å². The van der Waals surface area contributed by atoms with E-state index in [0.29, 0.717) is 22.0 Å². The molecule has 0 amide bonds. The largest absolute Gasteiger partial charge is 0.282 e. The second kappa shape index (κ2) is 6.81. The van der Waals surface area contributed by atoms with E-state index in [1.807, 2.05) is 6.92 Å². The van der Waals surface area contributed by atoms with E-state index in [4.69, 9.17) is 11.6 Å². The molecule has 0 spiro atoms. The minimum atomic E-state index is -3.34. The van der Waals surface area contributed by atoms with E-state index in [1.165, 1.54) is 22.9 Å². The zero-order chi connectivity index (χ0) is 19.1. The lowest BCUT2D eigenvalue weighted by Gasteiger charge is -2.09. The Labute approximate surface area is 155 Å². The first kappa shape index (κ1) is 18.5. The minimum Gasteiger partial charge on any atom is -0.233 e. The van der Waals surface area contributed by atoms with Crippen LogP contribution in [0.5, 0.6) is 0 Å². The van der Waals surface area contributed by atoms with Gasteiger partial charge >= 0.3 is 0 Å². The van der Waals surface area contributed by atoms with Gasteiger partial charge in [0.05, 0.1) is 16.3 Å². The quantitative estimate of drug-likeness (QED) is 0.634. The van der Waals surface area contributed by atoms with Gasteiger partial charge in [0.2, 0.25) is 0 Å². The molecule has 26 heavy (non-hydrogen) atoms. The SMILES string of the molecule is Cc1ccc(-n2nc(C(F)F)cc2-c2ccc(S(C)(=O)=O)cc2)cc1Cl. The Balaban J connectivity index is 2.15. The van der Waals surface area contributed by atoms with Crippen LogP contribution >= 0.6 is 11.6 Å². The molecule has 3 aromatic rings. The van der Waals surface area contributed by atoms with Crippen molar-refractivity contribution in [1.29, 1.82) is 0 Å². The predicted molar refractivity (Wildman–Crippen MR) is 96.8 cm³/mol. The molecule has 0 atom stereocenters. The number of benzene rings is 2. The van der Waals surface area contributed by atoms with Crippen molar-refractivity contribution in [3.05, 3.63) is 64.8 Å². The fraction of sp³-hybridized carbons (Fsp3) is 0.167. The molecular weight excluding hydrogens is 382 g/mol. The number of sulfone groups is 1. The van der Waals surface area contributed by atoms with Crippen LogP contribution in [0.25, 0.3) is 16.9 Å². The number of aryl methyl sites for hydroxylation is 1. The summed E-state index contributed by atoms with van der Waals surface area (Å²) in [4.78, 5) is 0.153. The van der Waals surface area contributed by atoms with Crippen molar-refractivity contribution in [2.45, 2.75) is 18.2 Å². The average molecular weight is 397 g/mol. The van der Waals surface area contributed by atoms with Crippen molar-refractivity contribution in [3.8, 4) is 16.9 Å². The normalized spacial score (nSPS) is 11.9. The molecule has 0 radical (unpaired) electrons. The van der Waals surface area contributed by atoms with Crippen LogP contribution < -0.4 is 0 Å². The second-order valence-corrected chi connectivity index (χ2v) is 8.32. The van der Waals surface area contributed by atoms with Gasteiger partial charge in [0, 0.05) is 16.8 Å². The Hall–Kier alpha value is -2.25. The van der Waals surface area contributed by atoms with E-state index in [0.717, 1.165) is 11.8 Å². The van der Waals surface area contributed by atoms with E-state index in [-0.39, 0.29) is 10.6 Å². The highest BCUT2D eigenvalue weighted by molar-refractivity contribution is 7.90. The van der Waals surface area contributed by atoms with Crippen LogP contribution in [0.1, 0.15) is 17.7 Å². The second-order valence-electron chi connectivity index (χ2n) is 5.90. The maximum absolute atomic E-state index is 13.2. The Morgan fingerprint density at radius 1 is 1.08 bits per heavy atom. The summed E-state index contributed by atoms with van der Waals surface area (Å²) < 4.78 is 50.9. The Bertz CT molecular complexity index is 1060. The van der Waals surface area contributed by atoms with Gasteiger partial charge < -0.3 is 0 Å². The standard InChI is InChI=1S/C18H15ClF2N2O2S/c1-11-3-6-13(9-15(11)19)23-17(10-16(22-23)18(20)21)12-4-7-14(8-5-12)26(2,24)25/h3-10,18H,1-2H3. The molecule has 0 saturated carbocycles. The maximum atomic E-state index is 13.2. The Kier molecular flexibility index (Phi) is 4.86. The molecule has 2 aromatic carbocycles. The van der Waals surface area contributed by atoms with Gasteiger partial charge in [-0.25, -0.2) is 21.9 Å². The number of alkyl halides is 2. The van der Waals surface area contributed by atoms with Crippen LogP contribution in [0.3, 0.4) is 0 Å². The molecule has 0 N–H and O–H groups in total. The summed E-state index contributed by atoms with van der Waals surface area (Å²) >= 11 is 6.15. The third kappa shape index (κ3) is 3.64. The molecule has 1 aromatic heterocycles. The van der Waals surface area contributed by atoms with Gasteiger partial charge in [0.1, 0.15) is 5.69 Å². The number of rotatable bonds is 4. The van der Waals surface area contributed by atoms with Crippen LogP contribution in [0, 0.1) is 6.92 Å². The van der Waals surface area contributed by atoms with E-state index >= 15 is 0 Å². The van der Waals surface area contributed by atoms with Crippen LogP contribution in [0.15, 0.2) is 53.4 Å². The minimum absolute atomic E-state index is 0.153. The highest BCUT2D eigenvalue weighted by atomic mass is 35.5. The van der Waals surface area contributed by atoms with Crippen molar-refractivity contribution in [2.24, 2.45) is 0 Å². The fourth-order valence-electron chi connectivity index (χ4n) is 2.49. The molecule has 3 rings (SSSR count). The molecule has 8 heteroatoms. The van der Waals surface area contributed by atoms with E-state index in [2.05, 4.69) is 5.10 Å². The van der Waals surface area contributed by atoms with Gasteiger partial charge in [-0.1, -0.05) is 29.8 Å². The first-order valence-corrected chi connectivity index (χ1v) is 9.89. The zero-order valence-corrected chi connectivity index (χ0v) is 15.5. The summed E-state index contributed by atoms with van der Waals surface area (Å²) in [5.41, 5.74) is 2.00. The molecular formula is C18H15ClF2N2O2S. The third-order valence-electron chi connectivity index (χ3n) is 3.93. The Morgan fingerprint density at radius 3 is 2.27 bits per heavy atom. The molecule has 0 bridgehead atoms. The predicted octanol–water partition coefficient (Wildman–Crippen LogP) is 4.84. The van der Waals surface area contributed by atoms with Crippen molar-refractivity contribution in [3.63, 3.8) is 0 Å². The number of hydrogen-bond donors (Lipinski definition) is 0. The summed E-state index contributed by atoms with van der Waals surface area (Å²) in [5, 5.41) is 4.48. The van der Waals surface area contributed by atoms with Gasteiger partial charge in [0.25, 0.3) is 6.43 Å². The molecule has 0 aliphatic rings. The summed E-state index contributed by atoms with van der Waals surface area (Å²) in [7, 11) is -3.34. The number of hydrogen-bond acceptors (Lipinski definition) is 3. The monoisotopic (exact) mass is 396 g/mol. The summed E-state index contributed by atoms with van der Waals surface area (Å²) in [5.74, 6) is 0. The molecule has 4 nitrogen and oxygen atoms in total. The zero-order valence-electron chi connectivity index (χ0n) is 13.9. The summed E-state index contributed by atoms with van der Waals surface area (Å²) in [6, 6.07) is 12.4. The lowest BCUT2D eigenvalue weighted by atomic mass is 10.1. The van der Waals surface area contributed by atoms with Crippen LogP contribution in [-0.2, 0) is 9.84 Å². The van der Waals surface area contributed by atoms with Crippen LogP contribution in [0.4, 0.5) is 8.78 Å². The van der Waals surface area contributed by atoms with Crippen LogP contribution in [-0.4, -0.2) is 24.5 Å². The smallest absolute Gasteiger partial charge is 0.233 e. The molecule has 1 heterocycles. The van der Waals surface area contributed by atoms with Crippen molar-refractivity contribution in [1.82, 2.24) is 9.78 Å². The van der Waals surface area contributed by atoms with Gasteiger partial charge in [0.15, 0.2) is 9.84 Å². The maximum Gasteiger partial charge on any atom is 0.282 e. The Morgan fingerprint density at radius 2 is 1.73 bits per heavy atom. The molecule has 136 valence electrons. The first-order valence-electron chi connectivity index (χ1n) is 7.62. The molecule has 0 saturated heterocycles. The first-order chi connectivity index (χ1) is 12.2. The van der Waals surface area contributed by atoms with Crippen molar-refractivity contribution < 1.29 is 17.2 Å². The molecule has 0 fully saturated rings. The van der Waals surface area contributed by atoms with Gasteiger partial charge in [-0.05, 0) is 42.8 Å². The number of halogens is 3. The number of aromatic nitrogens is 2. The van der Waals surface area contributed by atoms with Gasteiger partial charge in [-0.2, -0.15) is 5.10 Å². The topological polar surface area (TPSA) is 52.0 Å². The van der Waals surface area contributed by atoms with E-state index in [1.54, 1.807) is 30.3 Å². The highest BCUT2D eigenvalue weighted by Crippen LogP contribution is 2.30. The van der Waals surface area contributed by atoms with E-state index < -0.39 is 16.3 Å².